The molecule has 0 aliphatic carbocycles. The Morgan fingerprint density at radius 2 is 1.77 bits per heavy atom. The van der Waals surface area contributed by atoms with Gasteiger partial charge < -0.3 is 4.74 Å². The van der Waals surface area contributed by atoms with Crippen molar-refractivity contribution in [1.29, 1.82) is 0 Å². The van der Waals surface area contributed by atoms with Crippen molar-refractivity contribution < 1.29 is 14.3 Å². The maximum atomic E-state index is 11.8. The van der Waals surface area contributed by atoms with Crippen LogP contribution in [0.25, 0.3) is 11.3 Å². The number of rotatable bonds is 6. The minimum Gasteiger partial charge on any atom is -0.473 e. The van der Waals surface area contributed by atoms with Crippen molar-refractivity contribution in [3.05, 3.63) is 77.4 Å². The van der Waals surface area contributed by atoms with E-state index in [0.29, 0.717) is 17.1 Å². The van der Waals surface area contributed by atoms with Gasteiger partial charge in [0, 0.05) is 22.8 Å². The molecule has 1 heterocycles. The molecule has 8 nitrogen and oxygen atoms in total. The molecule has 5 N–H and O–H groups in total. The van der Waals surface area contributed by atoms with Crippen LogP contribution in [-0.4, -0.2) is 16.8 Å². The highest BCUT2D eigenvalue weighted by Gasteiger charge is 2.16. The normalized spacial score (nSPS) is 10.4. The number of carbonyl (C=O) groups is 2. The second-order valence-electron chi connectivity index (χ2n) is 6.68. The number of hydrazine groups is 2. The topological polar surface area (TPSA) is 124 Å². The molecule has 0 spiro atoms. The summed E-state index contributed by atoms with van der Waals surface area (Å²) in [5.41, 5.74) is 6.37. The van der Waals surface area contributed by atoms with Gasteiger partial charge in [-0.25, -0.2) is 26.5 Å². The van der Waals surface area contributed by atoms with Gasteiger partial charge in [-0.05, 0) is 31.5 Å². The standard InChI is InChI=1S/C22H23N5O3/c1-14-5-3-7-20(27(24)22(29)26-23)18(14)13-30-21-8-4-6-19(25-21)17-11-9-16(10-12-17)15(2)28/h3-12H,13,23-24H2,1-2H3,(H,26,29). The maximum absolute atomic E-state index is 11.8. The Morgan fingerprint density at radius 1 is 1.07 bits per heavy atom. The Kier molecular flexibility index (Phi) is 6.41. The van der Waals surface area contributed by atoms with Gasteiger partial charge in [0.1, 0.15) is 6.61 Å². The molecule has 0 fully saturated rings. The number of amides is 2. The van der Waals surface area contributed by atoms with Crippen molar-refractivity contribution >= 4 is 17.5 Å². The first kappa shape index (κ1) is 21.0. The van der Waals surface area contributed by atoms with Crippen molar-refractivity contribution in [2.45, 2.75) is 20.5 Å². The van der Waals surface area contributed by atoms with Crippen LogP contribution >= 0.6 is 0 Å². The van der Waals surface area contributed by atoms with Gasteiger partial charge in [0.25, 0.3) is 0 Å². The predicted octanol–water partition coefficient (Wildman–Crippen LogP) is 3.10. The third-order valence-corrected chi connectivity index (χ3v) is 4.66. The highest BCUT2D eigenvalue weighted by Crippen LogP contribution is 2.25. The second-order valence-corrected chi connectivity index (χ2v) is 6.68. The molecule has 2 aromatic carbocycles. The number of pyridine rings is 1. The summed E-state index contributed by atoms with van der Waals surface area (Å²) >= 11 is 0. The zero-order valence-electron chi connectivity index (χ0n) is 16.8. The van der Waals surface area contributed by atoms with Crippen molar-refractivity contribution in [2.75, 3.05) is 5.01 Å². The third kappa shape index (κ3) is 4.62. The number of Topliss-reactive ketones (excluding diaryl/α,β-unsaturated/α-hetero) is 1. The van der Waals surface area contributed by atoms with Gasteiger partial charge in [0.05, 0.1) is 11.4 Å². The van der Waals surface area contributed by atoms with Crippen LogP contribution in [0.3, 0.4) is 0 Å². The van der Waals surface area contributed by atoms with E-state index in [9.17, 15) is 9.59 Å². The number of urea groups is 1. The lowest BCUT2D eigenvalue weighted by molar-refractivity contribution is 0.101. The number of aromatic nitrogens is 1. The highest BCUT2D eigenvalue weighted by molar-refractivity contribution is 5.94. The van der Waals surface area contributed by atoms with E-state index in [4.69, 9.17) is 16.4 Å². The molecule has 0 atom stereocenters. The number of nitrogens with two attached hydrogens (primary N) is 2. The van der Waals surface area contributed by atoms with Crippen molar-refractivity contribution in [3.8, 4) is 17.1 Å². The molecule has 0 saturated heterocycles. The first-order chi connectivity index (χ1) is 14.4. The van der Waals surface area contributed by atoms with Gasteiger partial charge >= 0.3 is 6.03 Å². The molecular formula is C22H23N5O3. The summed E-state index contributed by atoms with van der Waals surface area (Å²) in [6, 6.07) is 17.4. The lowest BCUT2D eigenvalue weighted by Gasteiger charge is -2.21. The van der Waals surface area contributed by atoms with Crippen molar-refractivity contribution in [1.82, 2.24) is 10.4 Å². The summed E-state index contributed by atoms with van der Waals surface area (Å²) in [7, 11) is 0. The number of carbonyl (C=O) groups excluding carboxylic acids is 2. The molecular weight excluding hydrogens is 382 g/mol. The minimum atomic E-state index is -0.643. The molecule has 30 heavy (non-hydrogen) atoms. The maximum Gasteiger partial charge on any atom is 0.350 e. The van der Waals surface area contributed by atoms with Crippen LogP contribution in [0.1, 0.15) is 28.4 Å². The predicted molar refractivity (Wildman–Crippen MR) is 115 cm³/mol. The van der Waals surface area contributed by atoms with Crippen LogP contribution in [0, 0.1) is 6.92 Å². The Hall–Kier alpha value is -3.75. The molecule has 3 aromatic rings. The summed E-state index contributed by atoms with van der Waals surface area (Å²) < 4.78 is 5.89. The third-order valence-electron chi connectivity index (χ3n) is 4.66. The number of anilines is 1. The number of hydrogen-bond acceptors (Lipinski definition) is 6. The molecule has 0 aliphatic heterocycles. The molecule has 1 aromatic heterocycles. The lowest BCUT2D eigenvalue weighted by Crippen LogP contribution is -2.48. The number of ether oxygens (including phenoxy) is 1. The number of nitrogens with zero attached hydrogens (tertiary/aromatic N) is 2. The first-order valence-electron chi connectivity index (χ1n) is 9.26. The molecule has 0 radical (unpaired) electrons. The van der Waals surface area contributed by atoms with Crippen LogP contribution in [-0.2, 0) is 6.61 Å². The summed E-state index contributed by atoms with van der Waals surface area (Å²) in [6.45, 7) is 3.59. The van der Waals surface area contributed by atoms with Crippen molar-refractivity contribution in [3.63, 3.8) is 0 Å². The molecule has 2 amide bonds. The molecule has 154 valence electrons. The lowest BCUT2D eigenvalue weighted by atomic mass is 10.1. The van der Waals surface area contributed by atoms with E-state index in [1.807, 2.05) is 42.7 Å². The average molecular weight is 405 g/mol. The fourth-order valence-electron chi connectivity index (χ4n) is 2.96. The van der Waals surface area contributed by atoms with E-state index in [1.54, 1.807) is 30.3 Å². The van der Waals surface area contributed by atoms with E-state index in [0.717, 1.165) is 27.4 Å². The fraction of sp³-hybridized carbons (Fsp3) is 0.136. The summed E-state index contributed by atoms with van der Waals surface area (Å²) in [5.74, 6) is 11.5. The molecule has 0 bridgehead atoms. The Bertz CT molecular complexity index is 1070. The Labute approximate surface area is 174 Å². The van der Waals surface area contributed by atoms with Gasteiger partial charge in [-0.15, -0.1) is 0 Å². The van der Waals surface area contributed by atoms with Gasteiger partial charge in [0.2, 0.25) is 5.88 Å². The average Bonchev–Trinajstić information content (AvgIpc) is 2.77. The number of aryl methyl sites for hydroxylation is 1. The summed E-state index contributed by atoms with van der Waals surface area (Å²) in [4.78, 5) is 27.8. The quantitative estimate of drug-likeness (QED) is 0.251. The largest absolute Gasteiger partial charge is 0.473 e. The number of benzene rings is 2. The van der Waals surface area contributed by atoms with Crippen molar-refractivity contribution in [2.24, 2.45) is 11.7 Å². The fourth-order valence-corrected chi connectivity index (χ4v) is 2.96. The van der Waals surface area contributed by atoms with Crippen LogP contribution in [0.2, 0.25) is 0 Å². The molecule has 0 saturated carbocycles. The highest BCUT2D eigenvalue weighted by atomic mass is 16.5. The molecule has 0 unspecified atom stereocenters. The SMILES string of the molecule is CC(=O)c1ccc(-c2cccc(OCc3c(C)cccc3N(N)C(=O)NN)n2)cc1. The first-order valence-corrected chi connectivity index (χ1v) is 9.26. The number of hydrogen-bond donors (Lipinski definition) is 3. The zero-order chi connectivity index (χ0) is 21.7. The van der Waals surface area contributed by atoms with Crippen LogP contribution < -0.4 is 26.9 Å². The van der Waals surface area contributed by atoms with E-state index >= 15 is 0 Å². The van der Waals surface area contributed by atoms with E-state index in [2.05, 4.69) is 4.98 Å². The van der Waals surface area contributed by atoms with Gasteiger partial charge in [0.15, 0.2) is 5.78 Å². The summed E-state index contributed by atoms with van der Waals surface area (Å²) in [5, 5.41) is 0.937. The molecule has 0 aliphatic rings. The second kappa shape index (κ2) is 9.17. The van der Waals surface area contributed by atoms with Crippen LogP contribution in [0.5, 0.6) is 5.88 Å². The number of nitrogens with one attached hydrogen (secondary N) is 1. The molecule has 3 rings (SSSR count). The van der Waals surface area contributed by atoms with E-state index in [-0.39, 0.29) is 12.4 Å². The van der Waals surface area contributed by atoms with Gasteiger partial charge in [-0.3, -0.25) is 10.2 Å². The van der Waals surface area contributed by atoms with Gasteiger partial charge in [-0.2, -0.15) is 0 Å². The zero-order valence-corrected chi connectivity index (χ0v) is 16.8. The molecule has 8 heteroatoms. The summed E-state index contributed by atoms with van der Waals surface area (Å²) in [6.07, 6.45) is 0. The Balaban J connectivity index is 1.81. The van der Waals surface area contributed by atoms with Crippen LogP contribution in [0.4, 0.5) is 10.5 Å². The minimum absolute atomic E-state index is 0.0119. The van der Waals surface area contributed by atoms with E-state index in [1.165, 1.54) is 6.92 Å². The Morgan fingerprint density at radius 3 is 2.43 bits per heavy atom. The van der Waals surface area contributed by atoms with E-state index < -0.39 is 6.03 Å². The smallest absolute Gasteiger partial charge is 0.350 e. The van der Waals surface area contributed by atoms with Crippen LogP contribution in [0.15, 0.2) is 60.7 Å². The van der Waals surface area contributed by atoms with Gasteiger partial charge in [-0.1, -0.05) is 42.5 Å². The number of ketones is 1. The monoisotopic (exact) mass is 405 g/mol.